The molecule has 0 N–H and O–H groups in total. The highest BCUT2D eigenvalue weighted by Crippen LogP contribution is 2.22. The minimum Gasteiger partial charge on any atom is -0.303 e. The van der Waals surface area contributed by atoms with E-state index in [1.54, 1.807) is 0 Å². The summed E-state index contributed by atoms with van der Waals surface area (Å²) in [4.78, 5) is 2.59. The van der Waals surface area contributed by atoms with E-state index >= 15 is 0 Å². The predicted molar refractivity (Wildman–Crippen MR) is 62.5 cm³/mol. The molecule has 1 heterocycles. The van der Waals surface area contributed by atoms with Crippen LogP contribution in [0.5, 0.6) is 0 Å². The molecule has 0 saturated carbocycles. The Morgan fingerprint density at radius 3 is 2.31 bits per heavy atom. The maximum absolute atomic E-state index is 4.39. The molecule has 0 aliphatic carbocycles. The van der Waals surface area contributed by atoms with Crippen LogP contribution in [-0.4, -0.2) is 30.3 Å². The van der Waals surface area contributed by atoms with Gasteiger partial charge in [-0.3, -0.25) is 0 Å². The summed E-state index contributed by atoms with van der Waals surface area (Å²) in [5.74, 6) is 1.93. The molecular formula is C11H23NS. The monoisotopic (exact) mass is 201 g/mol. The first-order valence-corrected chi connectivity index (χ1v) is 6.00. The normalized spacial score (nSPS) is 22.2. The Kier molecular flexibility index (Phi) is 4.11. The zero-order valence-electron chi connectivity index (χ0n) is 9.21. The molecule has 78 valence electrons. The van der Waals surface area contributed by atoms with Crippen molar-refractivity contribution in [2.45, 2.75) is 33.6 Å². The Hall–Kier alpha value is 0.310. The molecule has 0 radical (unpaired) electrons. The van der Waals surface area contributed by atoms with Gasteiger partial charge in [-0.2, -0.15) is 12.6 Å². The van der Waals surface area contributed by atoms with Gasteiger partial charge in [0.25, 0.3) is 0 Å². The van der Waals surface area contributed by atoms with Crippen molar-refractivity contribution < 1.29 is 0 Å². The van der Waals surface area contributed by atoms with E-state index in [0.717, 1.165) is 11.7 Å². The fraction of sp³-hybridized carbons (Fsp3) is 1.00. The number of nitrogens with zero attached hydrogens (tertiary/aromatic N) is 1. The summed E-state index contributed by atoms with van der Waals surface area (Å²) in [6.07, 6.45) is 2.76. The van der Waals surface area contributed by atoms with E-state index in [4.69, 9.17) is 0 Å². The molecule has 0 atom stereocenters. The lowest BCUT2D eigenvalue weighted by Crippen LogP contribution is -2.40. The average molecular weight is 201 g/mol. The number of likely N-dealkylation sites (tertiary alicyclic amines) is 1. The van der Waals surface area contributed by atoms with Crippen LogP contribution in [0.4, 0.5) is 0 Å². The SMILES string of the molecule is CC1CCN(CC(C)(C)CS)CC1. The Morgan fingerprint density at radius 2 is 1.85 bits per heavy atom. The van der Waals surface area contributed by atoms with Crippen molar-refractivity contribution in [1.82, 2.24) is 4.90 Å². The topological polar surface area (TPSA) is 3.24 Å². The van der Waals surface area contributed by atoms with Crippen molar-refractivity contribution in [3.8, 4) is 0 Å². The molecule has 0 spiro atoms. The molecule has 1 aliphatic heterocycles. The van der Waals surface area contributed by atoms with Gasteiger partial charge in [0.15, 0.2) is 0 Å². The van der Waals surface area contributed by atoms with Crippen LogP contribution < -0.4 is 0 Å². The molecule has 13 heavy (non-hydrogen) atoms. The van der Waals surface area contributed by atoms with Gasteiger partial charge in [-0.25, -0.2) is 0 Å². The summed E-state index contributed by atoms with van der Waals surface area (Å²) in [5, 5.41) is 0. The summed E-state index contributed by atoms with van der Waals surface area (Å²) in [7, 11) is 0. The van der Waals surface area contributed by atoms with Crippen molar-refractivity contribution in [3.63, 3.8) is 0 Å². The standard InChI is InChI=1S/C11H23NS/c1-10-4-6-12(7-5-10)8-11(2,3)9-13/h10,13H,4-9H2,1-3H3. The first kappa shape index (κ1) is 11.4. The second-order valence-electron chi connectivity index (χ2n) is 5.28. The van der Waals surface area contributed by atoms with Gasteiger partial charge < -0.3 is 4.90 Å². The predicted octanol–water partition coefficient (Wildman–Crippen LogP) is 2.67. The zero-order valence-corrected chi connectivity index (χ0v) is 10.1. The van der Waals surface area contributed by atoms with E-state index < -0.39 is 0 Å². The van der Waals surface area contributed by atoms with Crippen molar-refractivity contribution in [1.29, 1.82) is 0 Å². The van der Waals surface area contributed by atoms with Crippen LogP contribution in [-0.2, 0) is 0 Å². The lowest BCUT2D eigenvalue weighted by molar-refractivity contribution is 0.144. The Bertz CT molecular complexity index is 148. The van der Waals surface area contributed by atoms with E-state index in [1.807, 2.05) is 0 Å². The second-order valence-corrected chi connectivity index (χ2v) is 5.60. The van der Waals surface area contributed by atoms with Crippen LogP contribution in [0.2, 0.25) is 0 Å². The van der Waals surface area contributed by atoms with Crippen molar-refractivity contribution >= 4 is 12.6 Å². The van der Waals surface area contributed by atoms with Crippen LogP contribution >= 0.6 is 12.6 Å². The molecule has 0 aromatic heterocycles. The van der Waals surface area contributed by atoms with Gasteiger partial charge in [-0.15, -0.1) is 0 Å². The number of rotatable bonds is 3. The minimum atomic E-state index is 0.379. The quantitative estimate of drug-likeness (QED) is 0.687. The molecule has 1 rings (SSSR count). The third-order valence-electron chi connectivity index (χ3n) is 2.96. The van der Waals surface area contributed by atoms with E-state index in [9.17, 15) is 0 Å². The smallest absolute Gasteiger partial charge is 0.00405 e. The van der Waals surface area contributed by atoms with Gasteiger partial charge in [-0.05, 0) is 43.0 Å². The molecule has 0 unspecified atom stereocenters. The van der Waals surface area contributed by atoms with Gasteiger partial charge in [0.1, 0.15) is 0 Å². The van der Waals surface area contributed by atoms with Crippen molar-refractivity contribution in [3.05, 3.63) is 0 Å². The van der Waals surface area contributed by atoms with Gasteiger partial charge in [0.05, 0.1) is 0 Å². The molecule has 0 aromatic rings. The largest absolute Gasteiger partial charge is 0.303 e. The lowest BCUT2D eigenvalue weighted by Gasteiger charge is -2.35. The first-order chi connectivity index (χ1) is 6.03. The molecule has 1 nitrogen and oxygen atoms in total. The second kappa shape index (κ2) is 4.70. The summed E-state index contributed by atoms with van der Waals surface area (Å²) in [6, 6.07) is 0. The molecule has 0 bridgehead atoms. The summed E-state index contributed by atoms with van der Waals surface area (Å²) < 4.78 is 0. The summed E-state index contributed by atoms with van der Waals surface area (Å²) in [5.41, 5.74) is 0.379. The van der Waals surface area contributed by atoms with Gasteiger partial charge in [0, 0.05) is 6.54 Å². The third-order valence-corrected chi connectivity index (χ3v) is 3.81. The van der Waals surface area contributed by atoms with Gasteiger partial charge in [0.2, 0.25) is 0 Å². The minimum absolute atomic E-state index is 0.379. The number of piperidine rings is 1. The van der Waals surface area contributed by atoms with Crippen LogP contribution in [0.3, 0.4) is 0 Å². The molecule has 0 amide bonds. The van der Waals surface area contributed by atoms with E-state index in [0.29, 0.717) is 5.41 Å². The molecule has 2 heteroatoms. The fourth-order valence-electron chi connectivity index (χ4n) is 1.88. The van der Waals surface area contributed by atoms with Crippen LogP contribution in [0.25, 0.3) is 0 Å². The first-order valence-electron chi connectivity index (χ1n) is 5.37. The summed E-state index contributed by atoms with van der Waals surface area (Å²) >= 11 is 4.39. The molecular weight excluding hydrogens is 178 g/mol. The Balaban J connectivity index is 2.30. The van der Waals surface area contributed by atoms with E-state index in [-0.39, 0.29) is 0 Å². The average Bonchev–Trinajstić information content (AvgIpc) is 2.09. The molecule has 1 saturated heterocycles. The maximum Gasteiger partial charge on any atom is 0.00405 e. The highest BCUT2D eigenvalue weighted by atomic mass is 32.1. The zero-order chi connectivity index (χ0) is 9.90. The van der Waals surface area contributed by atoms with Gasteiger partial charge >= 0.3 is 0 Å². The lowest BCUT2D eigenvalue weighted by atomic mass is 9.92. The number of hydrogen-bond acceptors (Lipinski definition) is 2. The highest BCUT2D eigenvalue weighted by Gasteiger charge is 2.23. The fourth-order valence-corrected chi connectivity index (χ4v) is 1.98. The van der Waals surface area contributed by atoms with Crippen LogP contribution in [0.15, 0.2) is 0 Å². The van der Waals surface area contributed by atoms with E-state index in [2.05, 4.69) is 38.3 Å². The molecule has 1 aliphatic rings. The Morgan fingerprint density at radius 1 is 1.31 bits per heavy atom. The number of hydrogen-bond donors (Lipinski definition) is 1. The third kappa shape index (κ3) is 3.90. The van der Waals surface area contributed by atoms with Crippen molar-refractivity contribution in [2.75, 3.05) is 25.4 Å². The number of thiol groups is 1. The Labute approximate surface area is 88.3 Å². The van der Waals surface area contributed by atoms with Crippen molar-refractivity contribution in [2.24, 2.45) is 11.3 Å². The van der Waals surface area contributed by atoms with Crippen LogP contribution in [0, 0.1) is 11.3 Å². The van der Waals surface area contributed by atoms with E-state index in [1.165, 1.54) is 32.5 Å². The molecule has 0 aromatic carbocycles. The molecule has 1 fully saturated rings. The highest BCUT2D eigenvalue weighted by molar-refractivity contribution is 7.80. The van der Waals surface area contributed by atoms with Crippen LogP contribution in [0.1, 0.15) is 33.6 Å². The maximum atomic E-state index is 4.39. The van der Waals surface area contributed by atoms with Gasteiger partial charge in [-0.1, -0.05) is 20.8 Å². The summed E-state index contributed by atoms with van der Waals surface area (Å²) in [6.45, 7) is 10.8.